The van der Waals surface area contributed by atoms with Gasteiger partial charge in [0.25, 0.3) is 5.56 Å². The molecule has 6 nitrogen and oxygen atoms in total. The molecule has 0 aliphatic carbocycles. The van der Waals surface area contributed by atoms with Crippen LogP contribution in [0.15, 0.2) is 41.5 Å². The van der Waals surface area contributed by atoms with Gasteiger partial charge in [-0.3, -0.25) is 9.89 Å². The summed E-state index contributed by atoms with van der Waals surface area (Å²) in [6, 6.07) is 6.62. The van der Waals surface area contributed by atoms with E-state index in [1.807, 2.05) is 0 Å². The molecular weight excluding hydrogens is 220 g/mol. The third-order valence-electron chi connectivity index (χ3n) is 2.54. The predicted molar refractivity (Wildman–Crippen MR) is 60.8 cm³/mol. The zero-order chi connectivity index (χ0) is 11.8. The summed E-state index contributed by atoms with van der Waals surface area (Å²) in [6.07, 6.45) is 3.12. The highest BCUT2D eigenvalue weighted by molar-refractivity contribution is 5.91. The lowest BCUT2D eigenvalue weighted by Gasteiger charge is -2.05. The molecule has 2 N–H and O–H groups in total. The maximum absolute atomic E-state index is 11.6. The van der Waals surface area contributed by atoms with Crippen LogP contribution < -0.4 is 5.56 Å². The number of nitrogens with one attached hydrogen (secondary N) is 1. The molecule has 0 radical (unpaired) electrons. The normalized spacial score (nSPS) is 10.8. The number of rotatable bonds is 1. The van der Waals surface area contributed by atoms with Gasteiger partial charge in [-0.2, -0.15) is 5.10 Å². The smallest absolute Gasteiger partial charge is 0.285 e. The van der Waals surface area contributed by atoms with Crippen molar-refractivity contribution in [3.05, 3.63) is 47.0 Å². The third kappa shape index (κ3) is 1.38. The Morgan fingerprint density at radius 2 is 2.18 bits per heavy atom. The van der Waals surface area contributed by atoms with Gasteiger partial charge in [0.15, 0.2) is 5.65 Å². The summed E-state index contributed by atoms with van der Waals surface area (Å²) in [4.78, 5) is 15.6. The Morgan fingerprint density at radius 1 is 1.29 bits per heavy atom. The molecule has 0 saturated carbocycles. The Hall–Kier alpha value is -2.63. The molecule has 0 amide bonds. The first-order valence-electron chi connectivity index (χ1n) is 4.97. The summed E-state index contributed by atoms with van der Waals surface area (Å²) in [5, 5.41) is 16.9. The van der Waals surface area contributed by atoms with E-state index in [1.165, 1.54) is 12.3 Å². The van der Waals surface area contributed by atoms with E-state index >= 15 is 0 Å². The molecule has 3 rings (SSSR count). The minimum Gasteiger partial charge on any atom is -0.423 e. The Morgan fingerprint density at radius 3 is 2.94 bits per heavy atom. The largest absolute Gasteiger partial charge is 0.423 e. The summed E-state index contributed by atoms with van der Waals surface area (Å²) < 4.78 is 0.537. The molecular formula is C11H8N4O2. The lowest BCUT2D eigenvalue weighted by atomic mass is 10.1. The van der Waals surface area contributed by atoms with E-state index in [9.17, 15) is 10.0 Å². The van der Waals surface area contributed by atoms with Gasteiger partial charge in [0.1, 0.15) is 0 Å². The van der Waals surface area contributed by atoms with Crippen LogP contribution in [-0.2, 0) is 0 Å². The van der Waals surface area contributed by atoms with Gasteiger partial charge in [0.2, 0.25) is 0 Å². The highest BCUT2D eigenvalue weighted by atomic mass is 16.5. The van der Waals surface area contributed by atoms with Crippen molar-refractivity contribution in [2.24, 2.45) is 0 Å². The molecule has 84 valence electrons. The molecule has 0 aliphatic rings. The van der Waals surface area contributed by atoms with Crippen molar-refractivity contribution in [3.8, 4) is 11.3 Å². The van der Waals surface area contributed by atoms with Crippen LogP contribution in [0.5, 0.6) is 0 Å². The van der Waals surface area contributed by atoms with Crippen LogP contribution in [0.25, 0.3) is 22.3 Å². The number of pyridine rings is 2. The van der Waals surface area contributed by atoms with Crippen molar-refractivity contribution < 1.29 is 5.21 Å². The second kappa shape index (κ2) is 3.44. The average molecular weight is 228 g/mol. The lowest BCUT2D eigenvalue weighted by molar-refractivity contribution is 0.187. The maximum Gasteiger partial charge on any atom is 0.285 e. The molecule has 0 bridgehead atoms. The average Bonchev–Trinajstić information content (AvgIpc) is 2.87. The monoisotopic (exact) mass is 228 g/mol. The van der Waals surface area contributed by atoms with E-state index in [-0.39, 0.29) is 5.65 Å². The van der Waals surface area contributed by atoms with Crippen molar-refractivity contribution in [1.29, 1.82) is 0 Å². The predicted octanol–water partition coefficient (Wildman–Crippen LogP) is 1.02. The minimum absolute atomic E-state index is 0.226. The van der Waals surface area contributed by atoms with Gasteiger partial charge in [-0.15, -0.1) is 4.73 Å². The van der Waals surface area contributed by atoms with Gasteiger partial charge in [-0.25, -0.2) is 4.98 Å². The third-order valence-corrected chi connectivity index (χ3v) is 2.54. The number of H-pyrrole nitrogens is 1. The van der Waals surface area contributed by atoms with Crippen LogP contribution in [0.3, 0.4) is 0 Å². The Balaban J connectivity index is 2.48. The van der Waals surface area contributed by atoms with E-state index in [0.29, 0.717) is 21.4 Å². The van der Waals surface area contributed by atoms with Crippen LogP contribution >= 0.6 is 0 Å². The molecule has 0 saturated heterocycles. The fourth-order valence-corrected chi connectivity index (χ4v) is 1.77. The number of hydrogen-bond acceptors (Lipinski definition) is 4. The number of fused-ring (bicyclic) bond motifs is 1. The molecule has 0 fully saturated rings. The topological polar surface area (TPSA) is 83.8 Å². The Bertz CT molecular complexity index is 731. The standard InChI is InChI=1S/C11H8N4O2/c16-10-6-8(9-3-5-13-14-9)7-2-1-4-12-11(7)15(10)17/h1-6,17H,(H,13,14). The maximum atomic E-state index is 11.6. The molecule has 0 spiro atoms. The van der Waals surface area contributed by atoms with E-state index in [0.717, 1.165) is 0 Å². The van der Waals surface area contributed by atoms with E-state index < -0.39 is 5.56 Å². The summed E-state index contributed by atoms with van der Waals surface area (Å²) in [5.41, 5.74) is 1.08. The van der Waals surface area contributed by atoms with Crippen LogP contribution in [0.1, 0.15) is 0 Å². The molecule has 0 unspecified atom stereocenters. The molecule has 0 atom stereocenters. The quantitative estimate of drug-likeness (QED) is 0.609. The molecule has 0 aromatic carbocycles. The molecule has 3 aromatic heterocycles. The van der Waals surface area contributed by atoms with Crippen LogP contribution in [-0.4, -0.2) is 25.1 Å². The zero-order valence-corrected chi connectivity index (χ0v) is 8.66. The van der Waals surface area contributed by atoms with E-state index in [1.54, 1.807) is 24.4 Å². The Labute approximate surface area is 95.1 Å². The second-order valence-electron chi connectivity index (χ2n) is 3.55. The van der Waals surface area contributed by atoms with Crippen molar-refractivity contribution in [2.45, 2.75) is 0 Å². The van der Waals surface area contributed by atoms with Crippen molar-refractivity contribution in [3.63, 3.8) is 0 Å². The summed E-state index contributed by atoms with van der Waals surface area (Å²) >= 11 is 0. The van der Waals surface area contributed by atoms with Gasteiger partial charge < -0.3 is 5.21 Å². The highest BCUT2D eigenvalue weighted by Crippen LogP contribution is 2.23. The summed E-state index contributed by atoms with van der Waals surface area (Å²) in [5.74, 6) is 0. The number of nitrogens with zero attached hydrogens (tertiary/aromatic N) is 3. The SMILES string of the molecule is O=c1cc(-c2ccn[nH]2)c2cccnc2n1O. The summed E-state index contributed by atoms with van der Waals surface area (Å²) in [7, 11) is 0. The highest BCUT2D eigenvalue weighted by Gasteiger charge is 2.10. The van der Waals surface area contributed by atoms with Crippen LogP contribution in [0.2, 0.25) is 0 Å². The fraction of sp³-hybridized carbons (Fsp3) is 0. The molecule has 3 heterocycles. The zero-order valence-electron chi connectivity index (χ0n) is 8.66. The second-order valence-corrected chi connectivity index (χ2v) is 3.55. The minimum atomic E-state index is -0.527. The Kier molecular flexibility index (Phi) is 1.94. The van der Waals surface area contributed by atoms with Gasteiger partial charge in [0.05, 0.1) is 5.69 Å². The van der Waals surface area contributed by atoms with Crippen LogP contribution in [0, 0.1) is 0 Å². The first-order chi connectivity index (χ1) is 8.27. The van der Waals surface area contributed by atoms with E-state index in [2.05, 4.69) is 15.2 Å². The van der Waals surface area contributed by atoms with Gasteiger partial charge in [0, 0.05) is 29.4 Å². The summed E-state index contributed by atoms with van der Waals surface area (Å²) in [6.45, 7) is 0. The molecule has 0 aliphatic heterocycles. The fourth-order valence-electron chi connectivity index (χ4n) is 1.77. The number of aromatic nitrogens is 4. The van der Waals surface area contributed by atoms with Gasteiger partial charge in [-0.05, 0) is 18.2 Å². The molecule has 3 aromatic rings. The van der Waals surface area contributed by atoms with Gasteiger partial charge >= 0.3 is 0 Å². The lowest BCUT2D eigenvalue weighted by Crippen LogP contribution is -2.18. The number of aromatic amines is 1. The molecule has 6 heteroatoms. The van der Waals surface area contributed by atoms with Crippen LogP contribution in [0.4, 0.5) is 0 Å². The first-order valence-corrected chi connectivity index (χ1v) is 4.97. The van der Waals surface area contributed by atoms with Gasteiger partial charge in [-0.1, -0.05) is 0 Å². The van der Waals surface area contributed by atoms with Crippen molar-refractivity contribution >= 4 is 11.0 Å². The van der Waals surface area contributed by atoms with Crippen molar-refractivity contribution in [1.82, 2.24) is 19.9 Å². The molecule has 17 heavy (non-hydrogen) atoms. The van der Waals surface area contributed by atoms with Crippen molar-refractivity contribution in [2.75, 3.05) is 0 Å². The van der Waals surface area contributed by atoms with E-state index in [4.69, 9.17) is 0 Å². The number of hydrogen-bond donors (Lipinski definition) is 2. The first kappa shape index (κ1) is 9.59.